The zero-order valence-electron chi connectivity index (χ0n) is 35.8. The predicted octanol–water partition coefficient (Wildman–Crippen LogP) is -5.50. The van der Waals surface area contributed by atoms with Crippen molar-refractivity contribution in [2.45, 2.75) is 101 Å². The third-order valence-electron chi connectivity index (χ3n) is 9.23. The number of aliphatic imine (C=N–C) groups is 1. The van der Waals surface area contributed by atoms with Gasteiger partial charge in [0.1, 0.15) is 12.1 Å². The van der Waals surface area contributed by atoms with Gasteiger partial charge in [-0.25, -0.2) is 9.97 Å². The Morgan fingerprint density at radius 3 is 1.44 bits per heavy atom. The van der Waals surface area contributed by atoms with E-state index in [1.807, 2.05) is 0 Å². The quantitative estimate of drug-likeness (QED) is 0.0106. The van der Waals surface area contributed by atoms with Gasteiger partial charge in [0.25, 0.3) is 11.8 Å². The van der Waals surface area contributed by atoms with E-state index in [4.69, 9.17) is 51.6 Å². The van der Waals surface area contributed by atoms with Gasteiger partial charge >= 0.3 is 0 Å². The molecule has 5 atom stereocenters. The number of unbranched alkanes of at least 4 members (excludes halogenated alkanes) is 2. The first-order valence-electron chi connectivity index (χ1n) is 20.7. The van der Waals surface area contributed by atoms with Crippen LogP contribution in [-0.4, -0.2) is 134 Å². The van der Waals surface area contributed by atoms with Gasteiger partial charge in [-0.2, -0.15) is 0 Å². The molecule has 0 saturated carbocycles. The number of nitrogens with one attached hydrogen (secondary N) is 7. The summed E-state index contributed by atoms with van der Waals surface area (Å²) in [7, 11) is 0. The molecule has 25 nitrogen and oxygen atoms in total. The number of carbonyl (C=O) groups is 6. The summed E-state index contributed by atoms with van der Waals surface area (Å²) in [6, 6.07) is -3.70. The average Bonchev–Trinajstić information content (AvgIpc) is 3.23. The Morgan fingerprint density at radius 1 is 0.645 bits per heavy atom. The SMILES string of the molecule is C=CC(C)(N)NCCCC(N)C(=O)NCCNC(=O)C(CCCCN)NC(=O)c1nc(N)c(C(=O)NC(CCCCN)C(=O)NCCNC(=O)C(N)CCCN=C(N)N)nc1N. The Morgan fingerprint density at radius 2 is 1.05 bits per heavy atom. The van der Waals surface area contributed by atoms with Gasteiger partial charge in [0, 0.05) is 32.7 Å². The topological polar surface area (TPSA) is 459 Å². The fourth-order valence-corrected chi connectivity index (χ4v) is 5.56. The number of hydrogen-bond acceptors (Lipinski definition) is 17. The van der Waals surface area contributed by atoms with Gasteiger partial charge < -0.3 is 83.5 Å². The van der Waals surface area contributed by atoms with E-state index in [0.29, 0.717) is 77.5 Å². The summed E-state index contributed by atoms with van der Waals surface area (Å²) in [5.41, 5.74) is 50.2. The van der Waals surface area contributed by atoms with E-state index in [1.165, 1.54) is 0 Å². The molecular formula is C37H71N19O6. The van der Waals surface area contributed by atoms with Crippen LogP contribution in [0.1, 0.15) is 92.1 Å². The standard InChI is InChI=1S/C37H71N19O6/c1-3-37(2,46)52-17-9-11-23(41)31(58)48-19-21-50-33(60)25(13-5-7-15-39)54-35(62)27-29(43)55-26(28(42)56-27)34(61)53-24(12-4-6-14-38)32(59)49-20-18-47-30(57)22(40)10-8-16-51-36(44)45/h3,22-25,52H,1,4-21,38-41,46H2,2H3,(H2,42,56)(H2,43,55)(H,47,57)(H,48,58)(H,49,59)(H,50,60)(H,53,61)(H,54,62)(H4,44,45,51). The van der Waals surface area contributed by atoms with E-state index >= 15 is 0 Å². The Balaban J connectivity index is 2.86. The van der Waals surface area contributed by atoms with Crippen molar-refractivity contribution >= 4 is 53.0 Å². The lowest BCUT2D eigenvalue weighted by molar-refractivity contribution is -0.124. The van der Waals surface area contributed by atoms with Crippen molar-refractivity contribution in [1.82, 2.24) is 47.2 Å². The highest BCUT2D eigenvalue weighted by Crippen LogP contribution is 2.15. The van der Waals surface area contributed by atoms with Crippen LogP contribution in [0.25, 0.3) is 0 Å². The second kappa shape index (κ2) is 29.5. The molecule has 0 saturated heterocycles. The Bertz CT molecular complexity index is 1640. The number of carbonyl (C=O) groups excluding carboxylic acids is 6. The Labute approximate surface area is 362 Å². The maximum Gasteiger partial charge on any atom is 0.274 e. The summed E-state index contributed by atoms with van der Waals surface area (Å²) in [6.45, 7) is 7.18. The molecule has 0 aliphatic heterocycles. The normalized spacial score (nSPS) is 13.8. The molecule has 0 fully saturated rings. The molecule has 5 unspecified atom stereocenters. The van der Waals surface area contributed by atoms with Crippen molar-refractivity contribution in [3.63, 3.8) is 0 Å². The zero-order valence-corrected chi connectivity index (χ0v) is 35.8. The number of hydrogen-bond donors (Lipinski definition) is 16. The van der Waals surface area contributed by atoms with Gasteiger partial charge in [-0.05, 0) is 90.8 Å². The lowest BCUT2D eigenvalue weighted by atomic mass is 10.1. The third kappa shape index (κ3) is 21.7. The van der Waals surface area contributed by atoms with Crippen LogP contribution in [0.5, 0.6) is 0 Å². The summed E-state index contributed by atoms with van der Waals surface area (Å²) in [6.07, 6.45) is 5.90. The molecule has 0 spiro atoms. The number of rotatable bonds is 32. The van der Waals surface area contributed by atoms with Crippen molar-refractivity contribution in [2.75, 3.05) is 63.8 Å². The predicted molar refractivity (Wildman–Crippen MR) is 237 cm³/mol. The first-order chi connectivity index (χ1) is 29.4. The molecule has 0 aromatic carbocycles. The molecule has 62 heavy (non-hydrogen) atoms. The van der Waals surface area contributed by atoms with E-state index in [9.17, 15) is 28.8 Å². The maximum atomic E-state index is 13.4. The van der Waals surface area contributed by atoms with Crippen LogP contribution in [0.15, 0.2) is 17.6 Å². The van der Waals surface area contributed by atoms with Gasteiger partial charge in [0.05, 0.1) is 17.7 Å². The van der Waals surface area contributed by atoms with Crippen LogP contribution in [-0.2, 0) is 19.2 Å². The number of nitrogen functional groups attached to an aromatic ring is 2. The van der Waals surface area contributed by atoms with Crippen molar-refractivity contribution < 1.29 is 28.8 Å². The molecule has 1 aromatic rings. The molecule has 1 heterocycles. The van der Waals surface area contributed by atoms with Crippen LogP contribution in [0, 0.1) is 0 Å². The van der Waals surface area contributed by atoms with Gasteiger partial charge in [0.15, 0.2) is 29.0 Å². The number of anilines is 2. The number of amides is 6. The largest absolute Gasteiger partial charge is 0.382 e. The number of guanidine groups is 1. The number of nitrogens with zero attached hydrogens (tertiary/aromatic N) is 3. The van der Waals surface area contributed by atoms with Crippen molar-refractivity contribution in [2.24, 2.45) is 45.1 Å². The summed E-state index contributed by atoms with van der Waals surface area (Å²) < 4.78 is 0. The first kappa shape index (κ1) is 54.3. The monoisotopic (exact) mass is 878 g/mol. The summed E-state index contributed by atoms with van der Waals surface area (Å²) in [5, 5.41) is 18.9. The van der Waals surface area contributed by atoms with Crippen LogP contribution < -0.4 is 88.8 Å². The van der Waals surface area contributed by atoms with Gasteiger partial charge in [0.2, 0.25) is 23.6 Å². The first-order valence-corrected chi connectivity index (χ1v) is 20.7. The molecule has 25 heteroatoms. The maximum absolute atomic E-state index is 13.4. The summed E-state index contributed by atoms with van der Waals surface area (Å²) in [4.78, 5) is 89.7. The average molecular weight is 878 g/mol. The van der Waals surface area contributed by atoms with Crippen LogP contribution in [0.4, 0.5) is 11.6 Å². The van der Waals surface area contributed by atoms with Crippen molar-refractivity contribution in [3.8, 4) is 0 Å². The molecule has 25 N–H and O–H groups in total. The minimum Gasteiger partial charge on any atom is -0.382 e. The van der Waals surface area contributed by atoms with Crippen molar-refractivity contribution in [1.29, 1.82) is 0 Å². The van der Waals surface area contributed by atoms with E-state index in [0.717, 1.165) is 0 Å². The number of nitrogens with two attached hydrogens (primary N) is 9. The Hall–Kier alpha value is -5.73. The van der Waals surface area contributed by atoms with Gasteiger partial charge in [-0.15, -0.1) is 0 Å². The third-order valence-corrected chi connectivity index (χ3v) is 9.23. The molecule has 0 bridgehead atoms. The minimum atomic E-state index is -1.07. The molecule has 0 aliphatic carbocycles. The van der Waals surface area contributed by atoms with Crippen LogP contribution >= 0.6 is 0 Å². The molecule has 1 rings (SSSR count). The van der Waals surface area contributed by atoms with E-state index in [-0.39, 0.29) is 45.0 Å². The fourth-order valence-electron chi connectivity index (χ4n) is 5.56. The highest BCUT2D eigenvalue weighted by atomic mass is 16.2. The van der Waals surface area contributed by atoms with Crippen LogP contribution in [0.3, 0.4) is 0 Å². The smallest absolute Gasteiger partial charge is 0.274 e. The molecular weight excluding hydrogens is 807 g/mol. The van der Waals surface area contributed by atoms with Crippen LogP contribution in [0.2, 0.25) is 0 Å². The minimum absolute atomic E-state index is 0.0229. The van der Waals surface area contributed by atoms with E-state index in [1.54, 1.807) is 13.0 Å². The highest BCUT2D eigenvalue weighted by molar-refractivity contribution is 6.03. The number of aromatic nitrogens is 2. The second-order valence-electron chi connectivity index (χ2n) is 14.7. The van der Waals surface area contributed by atoms with E-state index in [2.05, 4.69) is 58.8 Å². The van der Waals surface area contributed by atoms with Crippen molar-refractivity contribution in [3.05, 3.63) is 24.0 Å². The molecule has 6 amide bonds. The lowest BCUT2D eigenvalue weighted by Gasteiger charge is -2.22. The van der Waals surface area contributed by atoms with Gasteiger partial charge in [-0.3, -0.25) is 39.1 Å². The molecule has 1 aromatic heterocycles. The summed E-state index contributed by atoms with van der Waals surface area (Å²) >= 11 is 0. The molecule has 0 aliphatic rings. The second-order valence-corrected chi connectivity index (χ2v) is 14.7. The molecule has 0 radical (unpaired) electrons. The Kier molecular flexibility index (Phi) is 25.8. The molecule has 350 valence electrons. The van der Waals surface area contributed by atoms with Gasteiger partial charge in [-0.1, -0.05) is 12.7 Å². The van der Waals surface area contributed by atoms with E-state index < -0.39 is 88.3 Å². The fraction of sp³-hybridized carbons (Fsp3) is 0.649. The summed E-state index contributed by atoms with van der Waals surface area (Å²) in [5.74, 6) is -4.71. The lowest BCUT2D eigenvalue weighted by Crippen LogP contribution is -2.50. The zero-order chi connectivity index (χ0) is 46.7. The highest BCUT2D eigenvalue weighted by Gasteiger charge is 2.28.